The lowest BCUT2D eigenvalue weighted by Crippen LogP contribution is -1.93. The monoisotopic (exact) mass is 178 g/mol. The number of pyridine rings is 1. The molecule has 0 saturated heterocycles. The Balaban J connectivity index is 2.96. The van der Waals surface area contributed by atoms with E-state index in [4.69, 9.17) is 10.8 Å². The number of aryl methyl sites for hydroxylation is 1. The second kappa shape index (κ2) is 3.71. The van der Waals surface area contributed by atoms with E-state index in [-0.39, 0.29) is 0 Å². The summed E-state index contributed by atoms with van der Waals surface area (Å²) in [7, 11) is 0. The minimum atomic E-state index is -0.976. The summed E-state index contributed by atoms with van der Waals surface area (Å²) in [6.07, 6.45) is 4.11. The fourth-order valence-electron chi connectivity index (χ4n) is 0.924. The number of nitrogens with two attached hydrogens (primary N) is 1. The highest BCUT2D eigenvalue weighted by Gasteiger charge is 1.96. The molecule has 0 aliphatic heterocycles. The van der Waals surface area contributed by atoms with Crippen LogP contribution in [0, 0.1) is 6.92 Å². The quantitative estimate of drug-likeness (QED) is 0.664. The topological polar surface area (TPSA) is 76.2 Å². The van der Waals surface area contributed by atoms with Crippen LogP contribution >= 0.6 is 0 Å². The molecule has 1 aromatic heterocycles. The van der Waals surface area contributed by atoms with Gasteiger partial charge in [-0.3, -0.25) is 0 Å². The molecule has 1 heterocycles. The fraction of sp³-hybridized carbons (Fsp3) is 0.111. The van der Waals surface area contributed by atoms with E-state index in [1.165, 1.54) is 6.08 Å². The third-order valence-electron chi connectivity index (χ3n) is 1.58. The lowest BCUT2D eigenvalue weighted by molar-refractivity contribution is -0.131. The van der Waals surface area contributed by atoms with Crippen molar-refractivity contribution in [2.45, 2.75) is 6.92 Å². The van der Waals surface area contributed by atoms with Gasteiger partial charge < -0.3 is 10.8 Å². The third kappa shape index (κ3) is 2.59. The molecule has 0 fully saturated rings. The molecular formula is C9H10N2O2. The Morgan fingerprint density at radius 1 is 1.69 bits per heavy atom. The van der Waals surface area contributed by atoms with Crippen LogP contribution in [0.1, 0.15) is 11.1 Å². The summed E-state index contributed by atoms with van der Waals surface area (Å²) in [5.74, 6) is -0.541. The van der Waals surface area contributed by atoms with E-state index in [2.05, 4.69) is 4.98 Å². The summed E-state index contributed by atoms with van der Waals surface area (Å²) in [6.45, 7) is 1.85. The molecule has 0 radical (unpaired) electrons. The van der Waals surface area contributed by atoms with Crippen molar-refractivity contribution in [3.63, 3.8) is 0 Å². The average molecular weight is 178 g/mol. The maximum absolute atomic E-state index is 10.2. The normalized spacial score (nSPS) is 10.5. The van der Waals surface area contributed by atoms with Gasteiger partial charge in [-0.15, -0.1) is 0 Å². The smallest absolute Gasteiger partial charge is 0.328 e. The second-order valence-electron chi connectivity index (χ2n) is 2.64. The van der Waals surface area contributed by atoms with Gasteiger partial charge in [0.15, 0.2) is 0 Å². The minimum Gasteiger partial charge on any atom is -0.478 e. The van der Waals surface area contributed by atoms with Crippen molar-refractivity contribution in [3.8, 4) is 0 Å². The Labute approximate surface area is 75.7 Å². The van der Waals surface area contributed by atoms with Crippen molar-refractivity contribution in [2.75, 3.05) is 5.73 Å². The first-order valence-corrected chi connectivity index (χ1v) is 3.72. The van der Waals surface area contributed by atoms with E-state index in [1.807, 2.05) is 6.92 Å². The molecule has 0 amide bonds. The molecule has 68 valence electrons. The van der Waals surface area contributed by atoms with Crippen molar-refractivity contribution in [1.82, 2.24) is 4.98 Å². The molecule has 13 heavy (non-hydrogen) atoms. The fourth-order valence-corrected chi connectivity index (χ4v) is 0.924. The number of aromatic nitrogens is 1. The SMILES string of the molecule is Cc1cc(N)ncc1C=CC(=O)O. The van der Waals surface area contributed by atoms with Crippen LogP contribution in [0.3, 0.4) is 0 Å². The molecule has 3 N–H and O–H groups in total. The van der Waals surface area contributed by atoms with Gasteiger partial charge in [-0.25, -0.2) is 9.78 Å². The van der Waals surface area contributed by atoms with Crippen molar-refractivity contribution in [2.24, 2.45) is 0 Å². The van der Waals surface area contributed by atoms with E-state index < -0.39 is 5.97 Å². The Morgan fingerprint density at radius 3 is 2.92 bits per heavy atom. The van der Waals surface area contributed by atoms with Crippen LogP contribution in [0.5, 0.6) is 0 Å². The first kappa shape index (κ1) is 9.25. The third-order valence-corrected chi connectivity index (χ3v) is 1.58. The second-order valence-corrected chi connectivity index (χ2v) is 2.64. The molecule has 4 nitrogen and oxygen atoms in total. The number of hydrogen-bond donors (Lipinski definition) is 2. The molecule has 0 aliphatic rings. The average Bonchev–Trinajstić information content (AvgIpc) is 2.02. The summed E-state index contributed by atoms with van der Waals surface area (Å²) >= 11 is 0. The maximum atomic E-state index is 10.2. The molecule has 0 aliphatic carbocycles. The summed E-state index contributed by atoms with van der Waals surface area (Å²) in [5, 5.41) is 8.39. The molecule has 1 aromatic rings. The van der Waals surface area contributed by atoms with Gasteiger partial charge in [-0.05, 0) is 30.2 Å². The minimum absolute atomic E-state index is 0.435. The molecule has 0 saturated carbocycles. The van der Waals surface area contributed by atoms with Crippen molar-refractivity contribution < 1.29 is 9.90 Å². The Morgan fingerprint density at radius 2 is 2.38 bits per heavy atom. The lowest BCUT2D eigenvalue weighted by atomic mass is 10.1. The first-order valence-electron chi connectivity index (χ1n) is 3.72. The maximum Gasteiger partial charge on any atom is 0.328 e. The van der Waals surface area contributed by atoms with Gasteiger partial charge >= 0.3 is 5.97 Å². The zero-order valence-electron chi connectivity index (χ0n) is 7.19. The Bertz CT molecular complexity index is 359. The van der Waals surface area contributed by atoms with E-state index >= 15 is 0 Å². The number of rotatable bonds is 2. The van der Waals surface area contributed by atoms with Crippen LogP contribution in [0.25, 0.3) is 6.08 Å². The summed E-state index contributed by atoms with van der Waals surface area (Å²) < 4.78 is 0. The molecule has 0 aromatic carbocycles. The van der Waals surface area contributed by atoms with Gasteiger partial charge in [-0.2, -0.15) is 0 Å². The standard InChI is InChI=1S/C9H10N2O2/c1-6-4-8(10)11-5-7(6)2-3-9(12)13/h2-5H,1H3,(H2,10,11)(H,12,13). The molecule has 0 spiro atoms. The van der Waals surface area contributed by atoms with Crippen molar-refractivity contribution >= 4 is 17.9 Å². The summed E-state index contributed by atoms with van der Waals surface area (Å²) in [5.41, 5.74) is 7.10. The van der Waals surface area contributed by atoms with Crippen LogP contribution in [0.4, 0.5) is 5.82 Å². The largest absolute Gasteiger partial charge is 0.478 e. The van der Waals surface area contributed by atoms with E-state index in [1.54, 1.807) is 12.3 Å². The van der Waals surface area contributed by atoms with Crippen LogP contribution in [-0.2, 0) is 4.79 Å². The number of hydrogen-bond acceptors (Lipinski definition) is 3. The zero-order valence-corrected chi connectivity index (χ0v) is 7.19. The predicted molar refractivity (Wildman–Crippen MR) is 50.1 cm³/mol. The molecule has 0 atom stereocenters. The predicted octanol–water partition coefficient (Wildman–Crippen LogP) is 1.07. The van der Waals surface area contributed by atoms with E-state index in [0.29, 0.717) is 5.82 Å². The molecule has 0 bridgehead atoms. The van der Waals surface area contributed by atoms with Gasteiger partial charge in [0.1, 0.15) is 5.82 Å². The Hall–Kier alpha value is -1.84. The highest BCUT2D eigenvalue weighted by molar-refractivity contribution is 5.85. The number of nitrogens with zero attached hydrogens (tertiary/aromatic N) is 1. The van der Waals surface area contributed by atoms with Crippen molar-refractivity contribution in [1.29, 1.82) is 0 Å². The van der Waals surface area contributed by atoms with Crippen LogP contribution in [0.15, 0.2) is 18.3 Å². The number of nitrogen functional groups attached to an aromatic ring is 1. The number of aliphatic carboxylic acids is 1. The van der Waals surface area contributed by atoms with Crippen LogP contribution < -0.4 is 5.73 Å². The molecular weight excluding hydrogens is 168 g/mol. The van der Waals surface area contributed by atoms with E-state index in [9.17, 15) is 4.79 Å². The highest BCUT2D eigenvalue weighted by Crippen LogP contribution is 2.10. The van der Waals surface area contributed by atoms with Gasteiger partial charge in [0.25, 0.3) is 0 Å². The number of carboxylic acid groups (broad SMARTS) is 1. The molecule has 4 heteroatoms. The van der Waals surface area contributed by atoms with Gasteiger partial charge in [0, 0.05) is 12.3 Å². The number of carboxylic acids is 1. The molecule has 1 rings (SSSR count). The number of anilines is 1. The molecule has 0 unspecified atom stereocenters. The first-order chi connectivity index (χ1) is 6.09. The summed E-state index contributed by atoms with van der Waals surface area (Å²) in [6, 6.07) is 1.70. The van der Waals surface area contributed by atoms with Crippen LogP contribution in [-0.4, -0.2) is 16.1 Å². The van der Waals surface area contributed by atoms with Crippen LogP contribution in [0.2, 0.25) is 0 Å². The van der Waals surface area contributed by atoms with Gasteiger partial charge in [-0.1, -0.05) is 0 Å². The number of carbonyl (C=O) groups is 1. The lowest BCUT2D eigenvalue weighted by Gasteiger charge is -1.99. The van der Waals surface area contributed by atoms with Gasteiger partial charge in [0.2, 0.25) is 0 Å². The van der Waals surface area contributed by atoms with Gasteiger partial charge in [0.05, 0.1) is 0 Å². The highest BCUT2D eigenvalue weighted by atomic mass is 16.4. The van der Waals surface area contributed by atoms with E-state index in [0.717, 1.165) is 17.2 Å². The van der Waals surface area contributed by atoms with Crippen molar-refractivity contribution in [3.05, 3.63) is 29.5 Å². The Kier molecular flexibility index (Phi) is 2.64. The summed E-state index contributed by atoms with van der Waals surface area (Å²) in [4.78, 5) is 14.1. The zero-order chi connectivity index (χ0) is 9.84.